The van der Waals surface area contributed by atoms with Crippen LogP contribution in [0.3, 0.4) is 0 Å². The number of nitrogens with zero attached hydrogens (tertiary/aromatic N) is 2. The van der Waals surface area contributed by atoms with E-state index in [0.717, 1.165) is 41.2 Å². The highest BCUT2D eigenvalue weighted by molar-refractivity contribution is 7.17. The second kappa shape index (κ2) is 6.70. The first-order valence-corrected chi connectivity index (χ1v) is 10.0. The third-order valence-electron chi connectivity index (χ3n) is 4.80. The van der Waals surface area contributed by atoms with E-state index < -0.39 is 0 Å². The van der Waals surface area contributed by atoms with Gasteiger partial charge in [-0.3, -0.25) is 0 Å². The Labute approximate surface area is 156 Å². The third-order valence-corrected chi connectivity index (χ3v) is 5.71. The van der Waals surface area contributed by atoms with Crippen molar-refractivity contribution in [3.8, 4) is 0 Å². The van der Waals surface area contributed by atoms with E-state index in [9.17, 15) is 0 Å². The molecule has 2 aliphatic rings. The van der Waals surface area contributed by atoms with Crippen molar-refractivity contribution < 1.29 is 0 Å². The second-order valence-corrected chi connectivity index (χ2v) is 7.75. The smallest absolute Gasteiger partial charge is 0.229 e. The Balaban J connectivity index is 1.39. The molecule has 132 valence electrons. The van der Waals surface area contributed by atoms with E-state index in [2.05, 4.69) is 62.7 Å². The van der Waals surface area contributed by atoms with Crippen LogP contribution in [-0.2, 0) is 0 Å². The average molecular weight is 363 g/mol. The normalized spacial score (nSPS) is 17.2. The summed E-state index contributed by atoms with van der Waals surface area (Å²) in [7, 11) is 0. The fourth-order valence-corrected chi connectivity index (χ4v) is 4.00. The van der Waals surface area contributed by atoms with E-state index in [-0.39, 0.29) is 0 Å². The first-order valence-electron chi connectivity index (χ1n) is 9.14. The molecule has 26 heavy (non-hydrogen) atoms. The molecular formula is C20H21N5S. The summed E-state index contributed by atoms with van der Waals surface area (Å²) in [4.78, 5) is 9.38. The molecule has 0 saturated heterocycles. The minimum atomic E-state index is 0.570. The molecule has 0 atom stereocenters. The molecule has 3 aromatic rings. The number of nitrogens with one attached hydrogen (secondary N) is 3. The van der Waals surface area contributed by atoms with E-state index in [1.54, 1.807) is 11.3 Å². The van der Waals surface area contributed by atoms with Gasteiger partial charge in [-0.15, -0.1) is 11.3 Å². The van der Waals surface area contributed by atoms with Gasteiger partial charge in [-0.25, -0.2) is 4.98 Å². The summed E-state index contributed by atoms with van der Waals surface area (Å²) >= 11 is 1.69. The van der Waals surface area contributed by atoms with Gasteiger partial charge in [-0.1, -0.05) is 18.2 Å². The summed E-state index contributed by atoms with van der Waals surface area (Å²) in [5.74, 6) is 1.60. The summed E-state index contributed by atoms with van der Waals surface area (Å²) in [6.45, 7) is 2.01. The standard InChI is InChI=1S/C20H21N5S/c1-3-16(4-2-13(1)14-7-10-21-11-8-14)23-20-24-17-9-12-26-18(17)19(25-20)22-15-5-6-15/h1-4,7,9,12,15,21H,5-6,8,10-11H2,(H2,22,23,24,25). The zero-order valence-electron chi connectivity index (χ0n) is 14.5. The predicted molar refractivity (Wildman–Crippen MR) is 109 cm³/mol. The summed E-state index contributed by atoms with van der Waals surface area (Å²) in [5, 5.41) is 12.3. The van der Waals surface area contributed by atoms with Crippen LogP contribution in [-0.4, -0.2) is 29.1 Å². The largest absolute Gasteiger partial charge is 0.366 e. The molecule has 0 unspecified atom stereocenters. The van der Waals surface area contributed by atoms with E-state index in [1.807, 2.05) is 0 Å². The SMILES string of the molecule is C1=C(c2ccc(Nc3nc(NC4CC4)c4sccc4n3)cc2)CCNC1. The lowest BCUT2D eigenvalue weighted by Crippen LogP contribution is -2.19. The summed E-state index contributed by atoms with van der Waals surface area (Å²) in [5.41, 5.74) is 4.71. The van der Waals surface area contributed by atoms with Crippen molar-refractivity contribution >= 4 is 44.6 Å². The molecule has 2 aromatic heterocycles. The average Bonchev–Trinajstić information content (AvgIpc) is 3.37. The number of aromatic nitrogens is 2. The Bertz CT molecular complexity index is 956. The van der Waals surface area contributed by atoms with E-state index in [4.69, 9.17) is 4.98 Å². The van der Waals surface area contributed by atoms with Crippen molar-refractivity contribution in [1.82, 2.24) is 15.3 Å². The van der Waals surface area contributed by atoms with Gasteiger partial charge in [0.25, 0.3) is 0 Å². The highest BCUT2D eigenvalue weighted by atomic mass is 32.1. The van der Waals surface area contributed by atoms with Crippen LogP contribution in [0.2, 0.25) is 0 Å². The lowest BCUT2D eigenvalue weighted by Gasteiger charge is -2.15. The summed E-state index contributed by atoms with van der Waals surface area (Å²) in [6, 6.07) is 11.2. The highest BCUT2D eigenvalue weighted by Gasteiger charge is 2.23. The maximum Gasteiger partial charge on any atom is 0.229 e. The van der Waals surface area contributed by atoms with Gasteiger partial charge in [-0.2, -0.15) is 4.98 Å². The maximum atomic E-state index is 4.72. The zero-order valence-corrected chi connectivity index (χ0v) is 15.3. The van der Waals surface area contributed by atoms with Crippen molar-refractivity contribution in [2.75, 3.05) is 23.7 Å². The Hall–Kier alpha value is -2.44. The minimum absolute atomic E-state index is 0.570. The Morgan fingerprint density at radius 1 is 1.08 bits per heavy atom. The Morgan fingerprint density at radius 3 is 2.73 bits per heavy atom. The Morgan fingerprint density at radius 2 is 1.96 bits per heavy atom. The first kappa shape index (κ1) is 15.8. The molecule has 0 radical (unpaired) electrons. The number of rotatable bonds is 5. The van der Waals surface area contributed by atoms with Gasteiger partial charge in [-0.05, 0) is 60.5 Å². The van der Waals surface area contributed by atoms with Gasteiger partial charge in [0.1, 0.15) is 5.82 Å². The van der Waals surface area contributed by atoms with Crippen molar-refractivity contribution in [2.45, 2.75) is 25.3 Å². The molecule has 0 spiro atoms. The van der Waals surface area contributed by atoms with Gasteiger partial charge < -0.3 is 16.0 Å². The number of benzene rings is 1. The fourth-order valence-electron chi connectivity index (χ4n) is 3.22. The van der Waals surface area contributed by atoms with Crippen LogP contribution in [0.15, 0.2) is 41.8 Å². The first-order chi connectivity index (χ1) is 12.8. The monoisotopic (exact) mass is 363 g/mol. The van der Waals surface area contributed by atoms with Crippen molar-refractivity contribution in [2.24, 2.45) is 0 Å². The molecule has 1 aromatic carbocycles. The van der Waals surface area contributed by atoms with Gasteiger partial charge >= 0.3 is 0 Å². The quantitative estimate of drug-likeness (QED) is 0.628. The number of fused-ring (bicyclic) bond motifs is 1. The van der Waals surface area contributed by atoms with Gasteiger partial charge in [0, 0.05) is 18.3 Å². The number of thiophene rings is 1. The third kappa shape index (κ3) is 3.30. The lowest BCUT2D eigenvalue weighted by molar-refractivity contribution is 0.738. The van der Waals surface area contributed by atoms with Crippen molar-refractivity contribution in [3.05, 3.63) is 47.4 Å². The molecule has 0 amide bonds. The van der Waals surface area contributed by atoms with Gasteiger partial charge in [0.05, 0.1) is 10.2 Å². The molecule has 3 N–H and O–H groups in total. The maximum absolute atomic E-state index is 4.72. The van der Waals surface area contributed by atoms with Crippen molar-refractivity contribution in [3.63, 3.8) is 0 Å². The predicted octanol–water partition coefficient (Wildman–Crippen LogP) is 4.39. The van der Waals surface area contributed by atoms with Gasteiger partial charge in [0.2, 0.25) is 5.95 Å². The molecule has 0 bridgehead atoms. The minimum Gasteiger partial charge on any atom is -0.366 e. The van der Waals surface area contributed by atoms with Crippen LogP contribution in [0.1, 0.15) is 24.8 Å². The molecule has 1 aliphatic heterocycles. The number of hydrogen-bond donors (Lipinski definition) is 3. The van der Waals surface area contributed by atoms with Crippen molar-refractivity contribution in [1.29, 1.82) is 0 Å². The zero-order chi connectivity index (χ0) is 17.3. The topological polar surface area (TPSA) is 61.9 Å². The fraction of sp³-hybridized carbons (Fsp3) is 0.300. The molecule has 1 saturated carbocycles. The molecule has 5 nitrogen and oxygen atoms in total. The molecule has 5 rings (SSSR count). The summed E-state index contributed by atoms with van der Waals surface area (Å²) < 4.78 is 1.13. The molecule has 1 aliphatic carbocycles. The highest BCUT2D eigenvalue weighted by Crippen LogP contribution is 2.32. The van der Waals surface area contributed by atoms with Crippen LogP contribution < -0.4 is 16.0 Å². The number of hydrogen-bond acceptors (Lipinski definition) is 6. The second-order valence-electron chi connectivity index (χ2n) is 6.84. The van der Waals surface area contributed by atoms with Crippen LogP contribution in [0.5, 0.6) is 0 Å². The van der Waals surface area contributed by atoms with Crippen LogP contribution >= 0.6 is 11.3 Å². The van der Waals surface area contributed by atoms with E-state index >= 15 is 0 Å². The van der Waals surface area contributed by atoms with Gasteiger partial charge in [0.15, 0.2) is 0 Å². The van der Waals surface area contributed by atoms with Crippen LogP contribution in [0.25, 0.3) is 15.8 Å². The van der Waals surface area contributed by atoms with Crippen LogP contribution in [0.4, 0.5) is 17.5 Å². The lowest BCUT2D eigenvalue weighted by atomic mass is 10.0. The Kier molecular flexibility index (Phi) is 4.07. The molecule has 6 heteroatoms. The van der Waals surface area contributed by atoms with Crippen LogP contribution in [0, 0.1) is 0 Å². The summed E-state index contributed by atoms with van der Waals surface area (Å²) in [6.07, 6.45) is 5.81. The van der Waals surface area contributed by atoms with E-state index in [0.29, 0.717) is 12.0 Å². The number of anilines is 3. The van der Waals surface area contributed by atoms with E-state index in [1.165, 1.54) is 24.0 Å². The molecular weight excluding hydrogens is 342 g/mol. The molecule has 3 heterocycles. The molecule has 1 fully saturated rings.